The molecule has 1 amide bonds. The minimum atomic E-state index is -0.608. The number of thiophene rings is 1. The molecule has 0 aliphatic carbocycles. The summed E-state index contributed by atoms with van der Waals surface area (Å²) in [6, 6.07) is 6.73. The largest absolute Gasteiger partial charge is 0.351 e. The molecule has 2 aromatic heterocycles. The first kappa shape index (κ1) is 14.4. The van der Waals surface area contributed by atoms with Crippen molar-refractivity contribution in [1.29, 1.82) is 0 Å². The van der Waals surface area contributed by atoms with Crippen LogP contribution < -0.4 is 5.32 Å². The van der Waals surface area contributed by atoms with Crippen molar-refractivity contribution in [1.82, 2.24) is 10.3 Å². The molecule has 2 heterocycles. The molecule has 8 heteroatoms. The van der Waals surface area contributed by atoms with E-state index in [1.54, 1.807) is 6.20 Å². The Hall–Kier alpha value is -1.99. The van der Waals surface area contributed by atoms with Crippen molar-refractivity contribution in [2.24, 2.45) is 0 Å². The van der Waals surface area contributed by atoms with Gasteiger partial charge in [-0.2, -0.15) is 0 Å². The first-order chi connectivity index (χ1) is 9.58. The monoisotopic (exact) mass is 311 g/mol. The van der Waals surface area contributed by atoms with E-state index in [4.69, 9.17) is 11.6 Å². The van der Waals surface area contributed by atoms with Crippen LogP contribution >= 0.6 is 22.9 Å². The predicted octanol–water partition coefficient (Wildman–Crippen LogP) is 2.68. The zero-order chi connectivity index (χ0) is 14.5. The summed E-state index contributed by atoms with van der Waals surface area (Å²) in [5.41, 5.74) is 0.620. The lowest BCUT2D eigenvalue weighted by atomic mass is 10.2. The molecule has 0 aliphatic heterocycles. The normalized spacial score (nSPS) is 10.2. The van der Waals surface area contributed by atoms with E-state index in [1.165, 1.54) is 6.07 Å². The molecule has 0 aromatic carbocycles. The van der Waals surface area contributed by atoms with Crippen LogP contribution in [0.5, 0.6) is 0 Å². The first-order valence-corrected chi connectivity index (χ1v) is 6.89. The van der Waals surface area contributed by atoms with E-state index >= 15 is 0 Å². The molecule has 1 N–H and O–H groups in total. The third kappa shape index (κ3) is 3.52. The van der Waals surface area contributed by atoms with E-state index in [9.17, 15) is 14.9 Å². The first-order valence-electron chi connectivity index (χ1n) is 5.70. The lowest BCUT2D eigenvalue weighted by Crippen LogP contribution is -2.25. The Morgan fingerprint density at radius 1 is 1.50 bits per heavy atom. The quantitative estimate of drug-likeness (QED) is 0.679. The Bertz CT molecular complexity index is 630. The van der Waals surface area contributed by atoms with E-state index in [0.29, 0.717) is 13.0 Å². The Morgan fingerprint density at radius 3 is 2.90 bits per heavy atom. The predicted molar refractivity (Wildman–Crippen MR) is 76.3 cm³/mol. The maximum atomic E-state index is 11.8. The number of hydrogen-bond acceptors (Lipinski definition) is 5. The molecule has 2 rings (SSSR count). The van der Waals surface area contributed by atoms with Gasteiger partial charge < -0.3 is 5.32 Å². The fourth-order valence-corrected chi connectivity index (χ4v) is 2.67. The van der Waals surface area contributed by atoms with Crippen molar-refractivity contribution in [3.05, 3.63) is 55.5 Å². The number of nitrogens with one attached hydrogen (secondary N) is 1. The SMILES string of the molecule is O=C(NCCc1ccccn1)c1cc([N+](=O)[O-])c(Cl)s1. The number of carbonyl (C=O) groups is 1. The van der Waals surface area contributed by atoms with Gasteiger partial charge in [0.2, 0.25) is 0 Å². The Morgan fingerprint density at radius 2 is 2.30 bits per heavy atom. The molecule has 20 heavy (non-hydrogen) atoms. The molecule has 0 saturated heterocycles. The van der Waals surface area contributed by atoms with Crippen molar-refractivity contribution >= 4 is 34.5 Å². The summed E-state index contributed by atoms with van der Waals surface area (Å²) in [5, 5.41) is 13.3. The van der Waals surface area contributed by atoms with Crippen molar-refractivity contribution in [2.75, 3.05) is 6.54 Å². The van der Waals surface area contributed by atoms with Gasteiger partial charge >= 0.3 is 0 Å². The van der Waals surface area contributed by atoms with Crippen LogP contribution in [0.2, 0.25) is 4.34 Å². The smallest absolute Gasteiger partial charge is 0.299 e. The summed E-state index contributed by atoms with van der Waals surface area (Å²) >= 11 is 6.59. The van der Waals surface area contributed by atoms with Gasteiger partial charge in [0.1, 0.15) is 4.88 Å². The highest BCUT2D eigenvalue weighted by atomic mass is 35.5. The van der Waals surface area contributed by atoms with Gasteiger partial charge in [-0.25, -0.2) is 0 Å². The highest BCUT2D eigenvalue weighted by Crippen LogP contribution is 2.33. The van der Waals surface area contributed by atoms with Gasteiger partial charge in [0, 0.05) is 30.9 Å². The van der Waals surface area contributed by atoms with Crippen molar-refractivity contribution < 1.29 is 9.72 Å². The molecule has 0 fully saturated rings. The maximum absolute atomic E-state index is 11.8. The molecule has 0 spiro atoms. The zero-order valence-corrected chi connectivity index (χ0v) is 11.8. The number of aromatic nitrogens is 1. The topological polar surface area (TPSA) is 85.1 Å². The van der Waals surface area contributed by atoms with E-state index in [0.717, 1.165) is 17.0 Å². The molecular formula is C12H10ClN3O3S. The molecule has 104 valence electrons. The number of amides is 1. The van der Waals surface area contributed by atoms with Crippen molar-refractivity contribution in [3.8, 4) is 0 Å². The average molecular weight is 312 g/mol. The molecule has 6 nitrogen and oxygen atoms in total. The summed E-state index contributed by atoms with van der Waals surface area (Å²) in [4.78, 5) is 26.2. The van der Waals surface area contributed by atoms with E-state index in [2.05, 4.69) is 10.3 Å². The van der Waals surface area contributed by atoms with Crippen LogP contribution in [0.15, 0.2) is 30.5 Å². The second-order valence-corrected chi connectivity index (χ2v) is 5.51. The highest BCUT2D eigenvalue weighted by molar-refractivity contribution is 7.18. The van der Waals surface area contributed by atoms with E-state index in [1.807, 2.05) is 18.2 Å². The number of carbonyl (C=O) groups excluding carboxylic acids is 1. The summed E-state index contributed by atoms with van der Waals surface area (Å²) < 4.78 is 0.00451. The summed E-state index contributed by atoms with van der Waals surface area (Å²) in [6.07, 6.45) is 2.27. The molecule has 2 aromatic rings. The third-order valence-electron chi connectivity index (χ3n) is 2.48. The molecule has 0 bridgehead atoms. The summed E-state index contributed by atoms with van der Waals surface area (Å²) in [6.45, 7) is 0.402. The lowest BCUT2D eigenvalue weighted by molar-refractivity contribution is -0.384. The van der Waals surface area contributed by atoms with Crippen LogP contribution in [0.25, 0.3) is 0 Å². The zero-order valence-electron chi connectivity index (χ0n) is 10.2. The number of rotatable bonds is 5. The van der Waals surface area contributed by atoms with Crippen molar-refractivity contribution in [2.45, 2.75) is 6.42 Å². The van der Waals surface area contributed by atoms with Gasteiger partial charge in [0.15, 0.2) is 4.34 Å². The fraction of sp³-hybridized carbons (Fsp3) is 0.167. The van der Waals surface area contributed by atoms with Gasteiger partial charge in [-0.1, -0.05) is 17.7 Å². The second kappa shape index (κ2) is 6.44. The standard InChI is InChI=1S/C12H10ClN3O3S/c13-11-9(16(18)19)7-10(20-11)12(17)15-6-4-8-3-1-2-5-14-8/h1-3,5,7H,4,6H2,(H,15,17). The van der Waals surface area contributed by atoms with Gasteiger partial charge in [0.05, 0.1) is 4.92 Å². The Kier molecular flexibility index (Phi) is 4.65. The summed E-state index contributed by atoms with van der Waals surface area (Å²) in [7, 11) is 0. The number of nitro groups is 1. The van der Waals surface area contributed by atoms with Crippen LogP contribution in [0.3, 0.4) is 0 Å². The van der Waals surface area contributed by atoms with Gasteiger partial charge in [-0.15, -0.1) is 11.3 Å². The van der Waals surface area contributed by atoms with Crippen LogP contribution in [0.4, 0.5) is 5.69 Å². The second-order valence-electron chi connectivity index (χ2n) is 3.85. The van der Waals surface area contributed by atoms with Crippen LogP contribution in [0, 0.1) is 10.1 Å². The molecular weight excluding hydrogens is 302 g/mol. The molecule has 0 radical (unpaired) electrons. The highest BCUT2D eigenvalue weighted by Gasteiger charge is 2.20. The lowest BCUT2D eigenvalue weighted by Gasteiger charge is -2.02. The number of halogens is 1. The van der Waals surface area contributed by atoms with Gasteiger partial charge in [0.25, 0.3) is 11.6 Å². The summed E-state index contributed by atoms with van der Waals surface area (Å²) in [5.74, 6) is -0.374. The Balaban J connectivity index is 1.92. The van der Waals surface area contributed by atoms with Gasteiger partial charge in [-0.3, -0.25) is 19.9 Å². The van der Waals surface area contributed by atoms with Crippen LogP contribution in [-0.2, 0) is 6.42 Å². The Labute approximate surface area is 123 Å². The number of pyridine rings is 1. The van der Waals surface area contributed by atoms with E-state index in [-0.39, 0.29) is 20.8 Å². The average Bonchev–Trinajstić information content (AvgIpc) is 2.82. The minimum Gasteiger partial charge on any atom is -0.351 e. The fourth-order valence-electron chi connectivity index (χ4n) is 1.53. The number of hydrogen-bond donors (Lipinski definition) is 1. The third-order valence-corrected chi connectivity index (χ3v) is 3.82. The number of nitrogens with zero attached hydrogens (tertiary/aromatic N) is 2. The minimum absolute atomic E-state index is 0.00451. The van der Waals surface area contributed by atoms with Crippen LogP contribution in [-0.4, -0.2) is 22.4 Å². The molecule has 0 saturated carbocycles. The molecule has 0 aliphatic rings. The maximum Gasteiger partial charge on any atom is 0.299 e. The van der Waals surface area contributed by atoms with Crippen molar-refractivity contribution in [3.63, 3.8) is 0 Å². The molecule has 0 atom stereocenters. The molecule has 0 unspecified atom stereocenters. The van der Waals surface area contributed by atoms with Gasteiger partial charge in [-0.05, 0) is 12.1 Å². The van der Waals surface area contributed by atoms with E-state index < -0.39 is 4.92 Å². The van der Waals surface area contributed by atoms with Crippen LogP contribution in [0.1, 0.15) is 15.4 Å².